The minimum absolute atomic E-state index is 0.0539. The fourth-order valence-corrected chi connectivity index (χ4v) is 4.97. The lowest BCUT2D eigenvalue weighted by molar-refractivity contribution is -0.384. The molecule has 3 heterocycles. The van der Waals surface area contributed by atoms with Crippen molar-refractivity contribution in [1.29, 1.82) is 0 Å². The molecule has 1 fully saturated rings. The molecule has 5 rings (SSSR count). The molecule has 0 radical (unpaired) electrons. The number of methoxy groups -OCH3 is 1. The van der Waals surface area contributed by atoms with Gasteiger partial charge < -0.3 is 4.74 Å². The van der Waals surface area contributed by atoms with Crippen molar-refractivity contribution in [1.82, 2.24) is 4.90 Å². The molecule has 2 unspecified atom stereocenters. The van der Waals surface area contributed by atoms with E-state index in [9.17, 15) is 24.5 Å². The summed E-state index contributed by atoms with van der Waals surface area (Å²) < 4.78 is 5.26. The Morgan fingerprint density at radius 3 is 2.41 bits per heavy atom. The van der Waals surface area contributed by atoms with Crippen LogP contribution in [0.1, 0.15) is 31.6 Å². The van der Waals surface area contributed by atoms with Gasteiger partial charge in [-0.25, -0.2) is 0 Å². The van der Waals surface area contributed by atoms with Gasteiger partial charge in [0.25, 0.3) is 23.4 Å². The number of fused-ring (bicyclic) bond motifs is 1. The summed E-state index contributed by atoms with van der Waals surface area (Å²) in [5.74, 6) is -1.19. The third-order valence-corrected chi connectivity index (χ3v) is 6.57. The van der Waals surface area contributed by atoms with E-state index in [4.69, 9.17) is 4.74 Å². The molecule has 0 saturated carbocycles. The van der Waals surface area contributed by atoms with Gasteiger partial charge in [0, 0.05) is 28.8 Å². The first-order valence-electron chi connectivity index (χ1n) is 9.59. The van der Waals surface area contributed by atoms with E-state index in [1.165, 1.54) is 35.5 Å². The van der Waals surface area contributed by atoms with Gasteiger partial charge in [0.1, 0.15) is 17.8 Å². The van der Waals surface area contributed by atoms with E-state index in [-0.39, 0.29) is 16.8 Å². The number of nitrogens with zero attached hydrogens (tertiary/aromatic N) is 3. The van der Waals surface area contributed by atoms with Crippen LogP contribution in [0.5, 0.6) is 5.75 Å². The van der Waals surface area contributed by atoms with E-state index in [1.807, 2.05) is 17.5 Å². The van der Waals surface area contributed by atoms with Gasteiger partial charge in [0.2, 0.25) is 0 Å². The van der Waals surface area contributed by atoms with Crippen molar-refractivity contribution in [3.05, 3.63) is 86.1 Å². The second-order valence-electron chi connectivity index (χ2n) is 7.28. The zero-order valence-electron chi connectivity index (χ0n) is 16.6. The molecule has 2 aliphatic rings. The quantitative estimate of drug-likeness (QED) is 0.255. The minimum atomic E-state index is -1.05. The maximum Gasteiger partial charge on any atom is 0.270 e. The van der Waals surface area contributed by atoms with E-state index in [0.717, 1.165) is 15.8 Å². The number of anilines is 1. The number of nitro groups is 1. The van der Waals surface area contributed by atoms with Crippen molar-refractivity contribution in [3.63, 3.8) is 0 Å². The number of amides is 3. The van der Waals surface area contributed by atoms with Gasteiger partial charge in [0.15, 0.2) is 0 Å². The summed E-state index contributed by atoms with van der Waals surface area (Å²) in [6.07, 6.45) is 0. The third kappa shape index (κ3) is 2.80. The summed E-state index contributed by atoms with van der Waals surface area (Å²) in [6, 6.07) is 12.5. The Hall–Kier alpha value is -4.05. The van der Waals surface area contributed by atoms with E-state index in [0.29, 0.717) is 11.4 Å². The molecule has 32 heavy (non-hydrogen) atoms. The molecule has 10 heteroatoms. The van der Waals surface area contributed by atoms with Crippen LogP contribution >= 0.6 is 11.3 Å². The lowest BCUT2D eigenvalue weighted by Crippen LogP contribution is -2.67. The third-order valence-electron chi connectivity index (χ3n) is 5.62. The first-order chi connectivity index (χ1) is 15.4. The Morgan fingerprint density at radius 1 is 0.938 bits per heavy atom. The molecule has 1 saturated heterocycles. The van der Waals surface area contributed by atoms with Crippen LogP contribution in [0, 0.1) is 10.1 Å². The van der Waals surface area contributed by atoms with Crippen LogP contribution in [0.4, 0.5) is 11.4 Å². The highest BCUT2D eigenvalue weighted by atomic mass is 32.1. The molecule has 0 spiro atoms. The smallest absolute Gasteiger partial charge is 0.270 e. The topological polar surface area (TPSA) is 110 Å². The van der Waals surface area contributed by atoms with E-state index in [2.05, 4.69) is 0 Å². The summed E-state index contributed by atoms with van der Waals surface area (Å²) in [6.45, 7) is 0. The maximum atomic E-state index is 13.3. The SMILES string of the molecule is COc1cccc(N2C(=O)C(N3C(=O)c4ccc([N+](=O)[O-])cc4C3=O)C2c2cccs2)c1. The predicted molar refractivity (Wildman–Crippen MR) is 115 cm³/mol. The summed E-state index contributed by atoms with van der Waals surface area (Å²) >= 11 is 1.41. The number of thiophene rings is 1. The van der Waals surface area contributed by atoms with E-state index >= 15 is 0 Å². The standard InChI is InChI=1S/C22H15N3O6S/c1-31-14-5-2-4-12(10-14)23-18(17-6-3-9-32-17)19(22(23)28)24-20(26)15-8-7-13(25(29)30)11-16(15)21(24)27/h2-11,18-19H,1H3. The Labute approximate surface area is 185 Å². The van der Waals surface area contributed by atoms with Gasteiger partial charge >= 0.3 is 0 Å². The van der Waals surface area contributed by atoms with Gasteiger partial charge in [0.05, 0.1) is 23.2 Å². The van der Waals surface area contributed by atoms with Gasteiger partial charge in [-0.2, -0.15) is 0 Å². The number of hydrogen-bond donors (Lipinski definition) is 0. The maximum absolute atomic E-state index is 13.3. The molecule has 3 amide bonds. The highest BCUT2D eigenvalue weighted by Gasteiger charge is 2.57. The summed E-state index contributed by atoms with van der Waals surface area (Å²) in [7, 11) is 1.52. The molecule has 9 nitrogen and oxygen atoms in total. The summed E-state index contributed by atoms with van der Waals surface area (Å²) in [5.41, 5.74) is 0.274. The molecule has 2 aliphatic heterocycles. The molecule has 2 atom stereocenters. The zero-order chi connectivity index (χ0) is 22.6. The molecule has 0 bridgehead atoms. The average molecular weight is 449 g/mol. The normalized spacial score (nSPS) is 19.7. The number of imide groups is 1. The number of non-ortho nitro benzene ring substituents is 1. The van der Waals surface area contributed by atoms with Crippen LogP contribution < -0.4 is 9.64 Å². The lowest BCUT2D eigenvalue weighted by Gasteiger charge is -2.49. The number of benzene rings is 2. The number of β-lactam (4-membered cyclic amide) rings is 1. The van der Waals surface area contributed by atoms with Crippen LogP contribution in [0.3, 0.4) is 0 Å². The zero-order valence-corrected chi connectivity index (χ0v) is 17.4. The fourth-order valence-electron chi connectivity index (χ4n) is 4.13. The molecular weight excluding hydrogens is 434 g/mol. The fraction of sp³-hybridized carbons (Fsp3) is 0.136. The first-order valence-corrected chi connectivity index (χ1v) is 10.5. The second-order valence-corrected chi connectivity index (χ2v) is 8.26. The van der Waals surface area contributed by atoms with Gasteiger partial charge in [-0.1, -0.05) is 12.1 Å². The number of nitro benzene ring substituents is 1. The summed E-state index contributed by atoms with van der Waals surface area (Å²) in [4.78, 5) is 53.2. The summed E-state index contributed by atoms with van der Waals surface area (Å²) in [5, 5.41) is 13.0. The van der Waals surface area contributed by atoms with Crippen molar-refractivity contribution >= 4 is 40.4 Å². The van der Waals surface area contributed by atoms with Crippen molar-refractivity contribution in [2.45, 2.75) is 12.1 Å². The molecule has 0 aliphatic carbocycles. The van der Waals surface area contributed by atoms with Crippen molar-refractivity contribution in [2.75, 3.05) is 12.0 Å². The second kappa shape index (κ2) is 7.27. The van der Waals surface area contributed by atoms with Crippen LogP contribution in [-0.2, 0) is 4.79 Å². The number of ether oxygens (including phenoxy) is 1. The van der Waals surface area contributed by atoms with E-state index < -0.39 is 34.7 Å². The minimum Gasteiger partial charge on any atom is -0.497 e. The van der Waals surface area contributed by atoms with Crippen LogP contribution in [0.2, 0.25) is 0 Å². The van der Waals surface area contributed by atoms with Gasteiger partial charge in [-0.05, 0) is 29.6 Å². The molecule has 3 aromatic rings. The highest BCUT2D eigenvalue weighted by Crippen LogP contribution is 2.46. The highest BCUT2D eigenvalue weighted by molar-refractivity contribution is 7.10. The van der Waals surface area contributed by atoms with E-state index in [1.54, 1.807) is 24.3 Å². The van der Waals surface area contributed by atoms with Crippen LogP contribution in [0.25, 0.3) is 0 Å². The Kier molecular flexibility index (Phi) is 4.52. The van der Waals surface area contributed by atoms with Crippen molar-refractivity contribution < 1.29 is 24.0 Å². The average Bonchev–Trinajstić information content (AvgIpc) is 3.40. The largest absolute Gasteiger partial charge is 0.497 e. The molecule has 2 aromatic carbocycles. The molecular formula is C22H15N3O6S. The van der Waals surface area contributed by atoms with Crippen molar-refractivity contribution in [2.24, 2.45) is 0 Å². The molecule has 1 aromatic heterocycles. The van der Waals surface area contributed by atoms with Crippen LogP contribution in [-0.4, -0.2) is 40.7 Å². The number of carbonyl (C=O) groups excluding carboxylic acids is 3. The number of carbonyl (C=O) groups is 3. The predicted octanol–water partition coefficient (Wildman–Crippen LogP) is 3.42. The monoisotopic (exact) mass is 449 g/mol. The van der Waals surface area contributed by atoms with Gasteiger partial charge in [-0.3, -0.25) is 34.3 Å². The number of rotatable bonds is 5. The Morgan fingerprint density at radius 2 is 1.72 bits per heavy atom. The van der Waals surface area contributed by atoms with Crippen LogP contribution in [0.15, 0.2) is 60.0 Å². The Balaban J connectivity index is 1.55. The van der Waals surface area contributed by atoms with Gasteiger partial charge in [-0.15, -0.1) is 11.3 Å². The lowest BCUT2D eigenvalue weighted by atomic mass is 9.90. The first kappa shape index (κ1) is 19.9. The molecule has 160 valence electrons. The molecule has 0 N–H and O–H groups in total. The van der Waals surface area contributed by atoms with Crippen molar-refractivity contribution in [3.8, 4) is 5.75 Å². The number of hydrogen-bond acceptors (Lipinski definition) is 7. The Bertz CT molecular complexity index is 1290.